The van der Waals surface area contributed by atoms with Crippen molar-refractivity contribution >= 4 is 15.9 Å². The van der Waals surface area contributed by atoms with Crippen LogP contribution in [0, 0.1) is 13.8 Å². The smallest absolute Gasteiger partial charge is 0.241 e. The van der Waals surface area contributed by atoms with Gasteiger partial charge >= 0.3 is 0 Å². The van der Waals surface area contributed by atoms with Crippen molar-refractivity contribution in [2.45, 2.75) is 20.0 Å². The van der Waals surface area contributed by atoms with Gasteiger partial charge in [-0.3, -0.25) is 0 Å². The Labute approximate surface area is 132 Å². The van der Waals surface area contributed by atoms with Gasteiger partial charge in [0.25, 0.3) is 0 Å². The van der Waals surface area contributed by atoms with Crippen molar-refractivity contribution in [1.82, 2.24) is 9.97 Å². The van der Waals surface area contributed by atoms with Crippen LogP contribution in [0.3, 0.4) is 0 Å². The van der Waals surface area contributed by atoms with E-state index in [-0.39, 0.29) is 5.88 Å². The van der Waals surface area contributed by atoms with Gasteiger partial charge in [-0.25, -0.2) is 4.98 Å². The van der Waals surface area contributed by atoms with E-state index < -0.39 is 6.10 Å². The summed E-state index contributed by atoms with van der Waals surface area (Å²) in [7, 11) is 2.98. The molecule has 1 N–H and O–H groups in total. The molecule has 2 aromatic rings. The number of aromatic nitrogens is 2. The zero-order valence-corrected chi connectivity index (χ0v) is 13.9. The van der Waals surface area contributed by atoms with E-state index in [1.807, 2.05) is 26.0 Å². The standard InChI is InChI=1S/C15H17BrN2O3/c1-8-5-10(6-9(2)12(8)16)14(19)13-15(21-4)18-11(20-3)7-17-13/h5-7,14,19H,1-4H3. The van der Waals surface area contributed by atoms with Gasteiger partial charge in [-0.05, 0) is 30.5 Å². The summed E-state index contributed by atoms with van der Waals surface area (Å²) in [5.74, 6) is 0.589. The minimum Gasteiger partial charge on any atom is -0.480 e. The molecule has 1 atom stereocenters. The van der Waals surface area contributed by atoms with Gasteiger partial charge < -0.3 is 14.6 Å². The number of aryl methyl sites for hydroxylation is 2. The fraction of sp³-hybridized carbons (Fsp3) is 0.333. The van der Waals surface area contributed by atoms with Crippen molar-refractivity contribution in [1.29, 1.82) is 0 Å². The number of hydrogen-bond acceptors (Lipinski definition) is 5. The van der Waals surface area contributed by atoms with Crippen LogP contribution in [-0.2, 0) is 0 Å². The molecule has 1 aromatic carbocycles. The molecule has 1 unspecified atom stereocenters. The summed E-state index contributed by atoms with van der Waals surface area (Å²) in [6.07, 6.45) is 0.545. The summed E-state index contributed by atoms with van der Waals surface area (Å²) >= 11 is 3.51. The number of rotatable bonds is 4. The highest BCUT2D eigenvalue weighted by Gasteiger charge is 2.20. The maximum absolute atomic E-state index is 10.6. The van der Waals surface area contributed by atoms with Crippen LogP contribution in [0.25, 0.3) is 0 Å². The highest BCUT2D eigenvalue weighted by molar-refractivity contribution is 9.10. The molecule has 0 aliphatic carbocycles. The van der Waals surface area contributed by atoms with Crippen LogP contribution >= 0.6 is 15.9 Å². The first-order valence-corrected chi connectivity index (χ1v) is 7.16. The van der Waals surface area contributed by atoms with Crippen LogP contribution in [0.1, 0.15) is 28.5 Å². The molecule has 112 valence electrons. The van der Waals surface area contributed by atoms with Gasteiger partial charge in [0.15, 0.2) is 0 Å². The quantitative estimate of drug-likeness (QED) is 0.916. The number of ether oxygens (including phenoxy) is 2. The Bertz CT molecular complexity index is 638. The molecule has 0 radical (unpaired) electrons. The summed E-state index contributed by atoms with van der Waals surface area (Å²) in [5.41, 5.74) is 3.19. The fourth-order valence-corrected chi connectivity index (χ4v) is 2.33. The number of halogens is 1. The van der Waals surface area contributed by atoms with Crippen molar-refractivity contribution in [3.05, 3.63) is 45.2 Å². The molecule has 0 bridgehead atoms. The molecule has 0 fully saturated rings. The molecule has 0 saturated heterocycles. The Hall–Kier alpha value is -1.66. The number of aliphatic hydroxyl groups is 1. The van der Waals surface area contributed by atoms with Gasteiger partial charge in [-0.15, -0.1) is 0 Å². The Kier molecular flexibility index (Phi) is 4.80. The van der Waals surface area contributed by atoms with Crippen LogP contribution in [0.15, 0.2) is 22.8 Å². The van der Waals surface area contributed by atoms with Crippen LogP contribution in [0.4, 0.5) is 0 Å². The van der Waals surface area contributed by atoms with Crippen molar-refractivity contribution in [3.63, 3.8) is 0 Å². The van der Waals surface area contributed by atoms with E-state index in [1.54, 1.807) is 0 Å². The first-order chi connectivity index (χ1) is 9.97. The molecule has 0 spiro atoms. The van der Waals surface area contributed by atoms with E-state index in [2.05, 4.69) is 25.9 Å². The fourth-order valence-electron chi connectivity index (χ4n) is 2.10. The lowest BCUT2D eigenvalue weighted by Crippen LogP contribution is -2.08. The lowest BCUT2D eigenvalue weighted by atomic mass is 10.0. The zero-order chi connectivity index (χ0) is 15.6. The first-order valence-electron chi connectivity index (χ1n) is 6.37. The van der Waals surface area contributed by atoms with Crippen molar-refractivity contribution in [2.24, 2.45) is 0 Å². The Balaban J connectivity index is 2.47. The molecule has 21 heavy (non-hydrogen) atoms. The molecular formula is C15H17BrN2O3. The monoisotopic (exact) mass is 352 g/mol. The highest BCUT2D eigenvalue weighted by atomic mass is 79.9. The van der Waals surface area contributed by atoms with Gasteiger partial charge in [0.2, 0.25) is 11.8 Å². The predicted molar refractivity (Wildman–Crippen MR) is 82.8 cm³/mol. The van der Waals surface area contributed by atoms with E-state index in [0.29, 0.717) is 11.6 Å². The molecular weight excluding hydrogens is 336 g/mol. The molecule has 0 aliphatic heterocycles. The van der Waals surface area contributed by atoms with Gasteiger partial charge in [0.05, 0.1) is 20.4 Å². The maximum atomic E-state index is 10.6. The number of aliphatic hydroxyl groups excluding tert-OH is 1. The molecule has 5 nitrogen and oxygen atoms in total. The predicted octanol–water partition coefficient (Wildman–Crippen LogP) is 2.95. The molecule has 0 amide bonds. The SMILES string of the molecule is COc1cnc(C(O)c2cc(C)c(Br)c(C)c2)c(OC)n1. The summed E-state index contributed by atoms with van der Waals surface area (Å²) in [6.45, 7) is 3.95. The molecule has 1 aromatic heterocycles. The van der Waals surface area contributed by atoms with Gasteiger partial charge in [0, 0.05) is 4.47 Å². The van der Waals surface area contributed by atoms with Crippen LogP contribution in [0.2, 0.25) is 0 Å². The molecule has 2 rings (SSSR count). The third kappa shape index (κ3) is 3.16. The number of hydrogen-bond donors (Lipinski definition) is 1. The first kappa shape index (κ1) is 15.7. The largest absolute Gasteiger partial charge is 0.480 e. The lowest BCUT2D eigenvalue weighted by Gasteiger charge is -2.16. The van der Waals surface area contributed by atoms with E-state index in [1.165, 1.54) is 20.4 Å². The average molecular weight is 353 g/mol. The number of methoxy groups -OCH3 is 2. The average Bonchev–Trinajstić information content (AvgIpc) is 2.50. The molecule has 6 heteroatoms. The molecule has 0 aliphatic rings. The molecule has 1 heterocycles. The molecule has 0 saturated carbocycles. The van der Waals surface area contributed by atoms with Crippen molar-refractivity contribution in [3.8, 4) is 11.8 Å². The van der Waals surface area contributed by atoms with E-state index in [0.717, 1.165) is 21.2 Å². The van der Waals surface area contributed by atoms with Crippen molar-refractivity contribution < 1.29 is 14.6 Å². The summed E-state index contributed by atoms with van der Waals surface area (Å²) in [6, 6.07) is 3.82. The van der Waals surface area contributed by atoms with E-state index in [4.69, 9.17) is 9.47 Å². The van der Waals surface area contributed by atoms with Crippen molar-refractivity contribution in [2.75, 3.05) is 14.2 Å². The second-order valence-electron chi connectivity index (χ2n) is 4.68. The highest BCUT2D eigenvalue weighted by Crippen LogP contribution is 2.31. The van der Waals surface area contributed by atoms with Gasteiger partial charge in [0.1, 0.15) is 11.8 Å². The third-order valence-electron chi connectivity index (χ3n) is 3.18. The maximum Gasteiger partial charge on any atom is 0.241 e. The Morgan fingerprint density at radius 2 is 1.76 bits per heavy atom. The number of nitrogens with zero attached hydrogens (tertiary/aromatic N) is 2. The summed E-state index contributed by atoms with van der Waals surface area (Å²) in [4.78, 5) is 8.35. The summed E-state index contributed by atoms with van der Waals surface area (Å²) < 4.78 is 11.2. The van der Waals surface area contributed by atoms with Crippen LogP contribution in [-0.4, -0.2) is 29.3 Å². The normalized spacial score (nSPS) is 12.1. The van der Waals surface area contributed by atoms with Gasteiger partial charge in [-0.2, -0.15) is 4.98 Å². The van der Waals surface area contributed by atoms with Crippen LogP contribution < -0.4 is 9.47 Å². The summed E-state index contributed by atoms with van der Waals surface area (Å²) in [5, 5.41) is 10.6. The minimum atomic E-state index is -0.913. The Morgan fingerprint density at radius 3 is 2.29 bits per heavy atom. The topological polar surface area (TPSA) is 64.5 Å². The zero-order valence-electron chi connectivity index (χ0n) is 12.3. The van der Waals surface area contributed by atoms with Gasteiger partial charge in [-0.1, -0.05) is 28.1 Å². The third-order valence-corrected chi connectivity index (χ3v) is 4.43. The van der Waals surface area contributed by atoms with Crippen LogP contribution in [0.5, 0.6) is 11.8 Å². The minimum absolute atomic E-state index is 0.250. The Morgan fingerprint density at radius 1 is 1.14 bits per heavy atom. The second-order valence-corrected chi connectivity index (χ2v) is 5.47. The number of benzene rings is 1. The lowest BCUT2D eigenvalue weighted by molar-refractivity contribution is 0.206. The van der Waals surface area contributed by atoms with E-state index >= 15 is 0 Å². The second kappa shape index (κ2) is 6.41. The van der Waals surface area contributed by atoms with E-state index in [9.17, 15) is 5.11 Å².